The van der Waals surface area contributed by atoms with Crippen molar-refractivity contribution in [3.8, 4) is 22.8 Å². The molecule has 3 aromatic carbocycles. The van der Waals surface area contributed by atoms with E-state index < -0.39 is 0 Å². The minimum atomic E-state index is -0.221. The molecule has 1 saturated heterocycles. The largest absolute Gasteiger partial charge is 0.508 e. The average Bonchev–Trinajstić information content (AvgIpc) is 3.44. The molecule has 0 amide bonds. The van der Waals surface area contributed by atoms with Gasteiger partial charge in [-0.25, -0.2) is 0 Å². The van der Waals surface area contributed by atoms with Crippen molar-refractivity contribution in [2.24, 2.45) is 5.92 Å². The molecule has 1 aliphatic heterocycles. The molecule has 0 radical (unpaired) electrons. The molecule has 0 spiro atoms. The first-order valence-electron chi connectivity index (χ1n) is 12.8. The van der Waals surface area contributed by atoms with Crippen LogP contribution in [0.25, 0.3) is 22.2 Å². The van der Waals surface area contributed by atoms with Gasteiger partial charge in [0, 0.05) is 36.5 Å². The Labute approximate surface area is 212 Å². The summed E-state index contributed by atoms with van der Waals surface area (Å²) >= 11 is 0. The minimum absolute atomic E-state index is 0.190. The molecule has 0 unspecified atom stereocenters. The van der Waals surface area contributed by atoms with E-state index in [1.165, 1.54) is 33.5 Å². The van der Waals surface area contributed by atoms with E-state index in [2.05, 4.69) is 60.6 Å². The van der Waals surface area contributed by atoms with E-state index in [0.717, 1.165) is 49.3 Å². The molecule has 4 nitrogen and oxygen atoms in total. The molecule has 4 aromatic rings. The number of hydrogen-bond donors (Lipinski definition) is 1. The van der Waals surface area contributed by atoms with Gasteiger partial charge in [0.15, 0.2) is 0 Å². The van der Waals surface area contributed by atoms with Crippen LogP contribution in [0.15, 0.2) is 60.7 Å². The van der Waals surface area contributed by atoms with Crippen LogP contribution in [0.2, 0.25) is 0 Å². The van der Waals surface area contributed by atoms with E-state index in [-0.39, 0.29) is 18.3 Å². The van der Waals surface area contributed by atoms with Gasteiger partial charge in [-0.2, -0.15) is 0 Å². The highest BCUT2D eigenvalue weighted by atomic mass is 19.1. The maximum absolute atomic E-state index is 12.8. The van der Waals surface area contributed by atoms with Crippen LogP contribution in [-0.4, -0.2) is 47.5 Å². The Bertz CT molecular complexity index is 1360. The van der Waals surface area contributed by atoms with Crippen molar-refractivity contribution in [1.82, 2.24) is 9.47 Å². The predicted octanol–water partition coefficient (Wildman–Crippen LogP) is 6.66. The summed E-state index contributed by atoms with van der Waals surface area (Å²) in [5.74, 6) is 1.33. The lowest BCUT2D eigenvalue weighted by Crippen LogP contribution is -2.26. The van der Waals surface area contributed by atoms with Crippen LogP contribution in [0, 0.1) is 26.7 Å². The highest BCUT2D eigenvalue weighted by Crippen LogP contribution is 2.36. The van der Waals surface area contributed by atoms with Crippen LogP contribution in [0.1, 0.15) is 28.7 Å². The third-order valence-corrected chi connectivity index (χ3v) is 7.61. The van der Waals surface area contributed by atoms with Crippen molar-refractivity contribution >= 4 is 10.9 Å². The standard InChI is InChI=1S/C31H35FN2O2/c1-21-4-7-26(16-22(21)2)31-23(3)29-17-27(35)8-11-30(29)34(31)20-24-5-9-28(10-6-24)36-15-14-33-13-12-25(18-32)19-33/h4-11,16-17,25,35H,12-15,18-20H2,1-3H3/t25-/m0/s1. The first kappa shape index (κ1) is 24.4. The zero-order valence-corrected chi connectivity index (χ0v) is 21.4. The number of phenols is 1. The van der Waals surface area contributed by atoms with Crippen LogP contribution in [-0.2, 0) is 6.54 Å². The Balaban J connectivity index is 1.36. The number of aryl methyl sites for hydroxylation is 3. The maximum atomic E-state index is 12.8. The second-order valence-electron chi connectivity index (χ2n) is 10.2. The van der Waals surface area contributed by atoms with Crippen molar-refractivity contribution in [3.05, 3.63) is 82.9 Å². The number of aromatic nitrogens is 1. The highest BCUT2D eigenvalue weighted by molar-refractivity contribution is 5.92. The van der Waals surface area contributed by atoms with Crippen LogP contribution < -0.4 is 4.74 Å². The minimum Gasteiger partial charge on any atom is -0.508 e. The van der Waals surface area contributed by atoms with E-state index >= 15 is 0 Å². The smallest absolute Gasteiger partial charge is 0.119 e. The molecule has 188 valence electrons. The summed E-state index contributed by atoms with van der Waals surface area (Å²) in [5, 5.41) is 11.2. The number of fused-ring (bicyclic) bond motifs is 1. The fourth-order valence-corrected chi connectivity index (χ4v) is 5.34. The Morgan fingerprint density at radius 2 is 1.78 bits per heavy atom. The Kier molecular flexibility index (Phi) is 7.01. The SMILES string of the molecule is Cc1ccc(-c2c(C)c3cc(O)ccc3n2Cc2ccc(OCCN3CC[C@@H](CF)C3)cc2)cc1C. The van der Waals surface area contributed by atoms with Gasteiger partial charge in [0.2, 0.25) is 0 Å². The average molecular weight is 487 g/mol. The first-order valence-corrected chi connectivity index (χ1v) is 12.8. The summed E-state index contributed by atoms with van der Waals surface area (Å²) in [4.78, 5) is 2.28. The third-order valence-electron chi connectivity index (χ3n) is 7.61. The van der Waals surface area contributed by atoms with E-state index in [9.17, 15) is 9.50 Å². The van der Waals surface area contributed by atoms with Gasteiger partial charge in [-0.05, 0) is 98.0 Å². The second kappa shape index (κ2) is 10.4. The number of alkyl halides is 1. The molecule has 36 heavy (non-hydrogen) atoms. The molecule has 1 atom stereocenters. The summed E-state index contributed by atoms with van der Waals surface area (Å²) in [6.07, 6.45) is 0.947. The van der Waals surface area contributed by atoms with Gasteiger partial charge in [-0.1, -0.05) is 24.3 Å². The summed E-state index contributed by atoms with van der Waals surface area (Å²) in [5.41, 5.74) is 8.36. The van der Waals surface area contributed by atoms with E-state index in [1.807, 2.05) is 24.3 Å². The number of halogens is 1. The van der Waals surface area contributed by atoms with Gasteiger partial charge in [0.1, 0.15) is 18.1 Å². The number of benzene rings is 3. The number of hydrogen-bond acceptors (Lipinski definition) is 3. The van der Waals surface area contributed by atoms with Gasteiger partial charge in [-0.15, -0.1) is 0 Å². The number of rotatable bonds is 8. The van der Waals surface area contributed by atoms with Crippen molar-refractivity contribution in [3.63, 3.8) is 0 Å². The number of nitrogens with zero attached hydrogens (tertiary/aromatic N) is 2. The first-order chi connectivity index (χ1) is 17.4. The van der Waals surface area contributed by atoms with Gasteiger partial charge in [0.05, 0.1) is 12.4 Å². The summed E-state index contributed by atoms with van der Waals surface area (Å²) in [6, 6.07) is 20.5. The zero-order chi connectivity index (χ0) is 25.2. The molecule has 1 aromatic heterocycles. The van der Waals surface area contributed by atoms with Crippen molar-refractivity contribution in [2.45, 2.75) is 33.7 Å². The van der Waals surface area contributed by atoms with Crippen molar-refractivity contribution in [2.75, 3.05) is 32.9 Å². The lowest BCUT2D eigenvalue weighted by Gasteiger charge is -2.16. The molecule has 0 saturated carbocycles. The molecule has 0 aliphatic carbocycles. The zero-order valence-electron chi connectivity index (χ0n) is 21.4. The summed E-state index contributed by atoms with van der Waals surface area (Å²) in [6.45, 7) is 10.2. The Morgan fingerprint density at radius 1 is 0.972 bits per heavy atom. The third kappa shape index (κ3) is 4.98. The number of phenolic OH excluding ortho intramolecular Hbond substituents is 1. The topological polar surface area (TPSA) is 37.6 Å². The molecule has 5 heteroatoms. The Hall–Kier alpha value is -3.31. The van der Waals surface area contributed by atoms with Gasteiger partial charge in [0.25, 0.3) is 0 Å². The van der Waals surface area contributed by atoms with Crippen LogP contribution in [0.4, 0.5) is 4.39 Å². The highest BCUT2D eigenvalue weighted by Gasteiger charge is 2.22. The molecule has 2 heterocycles. The van der Waals surface area contributed by atoms with Gasteiger partial charge < -0.3 is 14.4 Å². The summed E-state index contributed by atoms with van der Waals surface area (Å²) < 4.78 is 21.2. The lowest BCUT2D eigenvalue weighted by atomic mass is 10.0. The summed E-state index contributed by atoms with van der Waals surface area (Å²) in [7, 11) is 0. The molecule has 1 aliphatic rings. The predicted molar refractivity (Wildman–Crippen MR) is 145 cm³/mol. The normalized spacial score (nSPS) is 16.2. The molecular weight excluding hydrogens is 451 g/mol. The monoisotopic (exact) mass is 486 g/mol. The number of aromatic hydroxyl groups is 1. The van der Waals surface area contributed by atoms with Crippen molar-refractivity contribution < 1.29 is 14.2 Å². The molecule has 1 N–H and O–H groups in total. The van der Waals surface area contributed by atoms with Gasteiger partial charge in [-0.3, -0.25) is 9.29 Å². The van der Waals surface area contributed by atoms with Crippen LogP contribution in [0.3, 0.4) is 0 Å². The van der Waals surface area contributed by atoms with E-state index in [1.54, 1.807) is 6.07 Å². The second-order valence-corrected chi connectivity index (χ2v) is 10.2. The van der Waals surface area contributed by atoms with Gasteiger partial charge >= 0.3 is 0 Å². The van der Waals surface area contributed by atoms with Crippen LogP contribution >= 0.6 is 0 Å². The molecule has 5 rings (SSSR count). The Morgan fingerprint density at radius 3 is 2.50 bits per heavy atom. The quantitative estimate of drug-likeness (QED) is 0.303. The van der Waals surface area contributed by atoms with E-state index in [4.69, 9.17) is 4.74 Å². The molecule has 1 fully saturated rings. The van der Waals surface area contributed by atoms with E-state index in [0.29, 0.717) is 6.61 Å². The fourth-order valence-electron chi connectivity index (χ4n) is 5.34. The van der Waals surface area contributed by atoms with Crippen molar-refractivity contribution in [1.29, 1.82) is 0 Å². The number of ether oxygens (including phenoxy) is 1. The fraction of sp³-hybridized carbons (Fsp3) is 0.355. The van der Waals surface area contributed by atoms with Crippen LogP contribution in [0.5, 0.6) is 11.5 Å². The molecular formula is C31H35FN2O2. The lowest BCUT2D eigenvalue weighted by molar-refractivity contribution is 0.228. The molecule has 0 bridgehead atoms. The maximum Gasteiger partial charge on any atom is 0.119 e. The number of likely N-dealkylation sites (tertiary alicyclic amines) is 1.